The molecule has 1 heterocycles. The molecule has 1 rings (SSSR count). The smallest absolute Gasteiger partial charge is 0.235 e. The van der Waals surface area contributed by atoms with Gasteiger partial charge in [0.1, 0.15) is 12.4 Å². The number of nitrogens with zero attached hydrogens (tertiary/aromatic N) is 2. The summed E-state index contributed by atoms with van der Waals surface area (Å²) in [6.45, 7) is 9.16. The number of hydrogen-bond donors (Lipinski definition) is 0. The summed E-state index contributed by atoms with van der Waals surface area (Å²) in [6, 6.07) is 0. The maximum absolute atomic E-state index is 2.51. The molecule has 0 fully saturated rings. The number of rotatable bonds is 19. The van der Waals surface area contributed by atoms with Crippen molar-refractivity contribution in [2.45, 2.75) is 143 Å². The van der Waals surface area contributed by atoms with Crippen LogP contribution in [-0.4, -0.2) is 4.57 Å². The lowest BCUT2D eigenvalue weighted by atomic mass is 10.0. The van der Waals surface area contributed by atoms with E-state index in [0.717, 1.165) is 6.54 Å². The quantitative estimate of drug-likeness (QED) is 0.173. The standard InChI is InChI=1S/C25H49N2/c1-4-7-9-10-11-12-13-14-15-16-17-18-19-20-22-27-24-23-26(6-3)25(27)21-8-5-2/h23-24H,4-22H2,1-3H3/q+1. The molecule has 27 heavy (non-hydrogen) atoms. The van der Waals surface area contributed by atoms with Gasteiger partial charge in [-0.15, -0.1) is 0 Å². The first kappa shape index (κ1) is 24.2. The Morgan fingerprint density at radius 3 is 1.59 bits per heavy atom. The van der Waals surface area contributed by atoms with E-state index in [2.05, 4.69) is 42.3 Å². The topological polar surface area (TPSA) is 8.81 Å². The molecule has 0 aliphatic carbocycles. The minimum Gasteiger partial charge on any atom is -0.235 e. The van der Waals surface area contributed by atoms with E-state index < -0.39 is 0 Å². The summed E-state index contributed by atoms with van der Waals surface area (Å²) in [5.74, 6) is 1.54. The third kappa shape index (κ3) is 11.6. The second-order valence-corrected chi connectivity index (χ2v) is 8.39. The molecule has 1 aromatic rings. The molecule has 0 unspecified atom stereocenters. The van der Waals surface area contributed by atoms with Crippen molar-refractivity contribution in [3.63, 3.8) is 0 Å². The number of hydrogen-bond acceptors (Lipinski definition) is 0. The second-order valence-electron chi connectivity index (χ2n) is 8.39. The largest absolute Gasteiger partial charge is 0.256 e. The summed E-state index contributed by atoms with van der Waals surface area (Å²) >= 11 is 0. The van der Waals surface area contributed by atoms with Crippen LogP contribution in [-0.2, 0) is 19.5 Å². The zero-order chi connectivity index (χ0) is 19.6. The lowest BCUT2D eigenvalue weighted by Gasteiger charge is -2.05. The molecule has 0 spiro atoms. The van der Waals surface area contributed by atoms with Crippen LogP contribution in [0, 0.1) is 0 Å². The van der Waals surface area contributed by atoms with Crippen LogP contribution >= 0.6 is 0 Å². The molecule has 0 N–H and O–H groups in total. The highest BCUT2D eigenvalue weighted by Crippen LogP contribution is 2.13. The Hall–Kier alpha value is -0.790. The van der Waals surface area contributed by atoms with Crippen LogP contribution in [0.3, 0.4) is 0 Å². The van der Waals surface area contributed by atoms with Crippen LogP contribution in [0.15, 0.2) is 12.4 Å². The first-order valence-electron chi connectivity index (χ1n) is 12.4. The van der Waals surface area contributed by atoms with E-state index >= 15 is 0 Å². The van der Waals surface area contributed by atoms with Gasteiger partial charge in [-0.1, -0.05) is 97.3 Å². The van der Waals surface area contributed by atoms with E-state index in [9.17, 15) is 0 Å². The van der Waals surface area contributed by atoms with Crippen LogP contribution in [0.5, 0.6) is 0 Å². The third-order valence-electron chi connectivity index (χ3n) is 5.94. The van der Waals surface area contributed by atoms with Crippen molar-refractivity contribution in [3.8, 4) is 0 Å². The van der Waals surface area contributed by atoms with Crippen molar-refractivity contribution < 1.29 is 4.57 Å². The minimum atomic E-state index is 1.10. The van der Waals surface area contributed by atoms with E-state index in [1.807, 2.05) is 0 Å². The number of aromatic nitrogens is 2. The van der Waals surface area contributed by atoms with E-state index in [1.54, 1.807) is 0 Å². The molecule has 0 bridgehead atoms. The van der Waals surface area contributed by atoms with Gasteiger partial charge in [-0.3, -0.25) is 0 Å². The molecular weight excluding hydrogens is 328 g/mol. The van der Waals surface area contributed by atoms with Gasteiger partial charge in [-0.05, 0) is 26.2 Å². The van der Waals surface area contributed by atoms with E-state index in [1.165, 1.54) is 122 Å². The van der Waals surface area contributed by atoms with Gasteiger partial charge >= 0.3 is 0 Å². The van der Waals surface area contributed by atoms with Crippen molar-refractivity contribution >= 4 is 0 Å². The Bertz CT molecular complexity index is 436. The maximum atomic E-state index is 2.51. The van der Waals surface area contributed by atoms with Crippen molar-refractivity contribution in [3.05, 3.63) is 18.2 Å². The van der Waals surface area contributed by atoms with Crippen molar-refractivity contribution in [2.24, 2.45) is 0 Å². The molecular formula is C25H49N2+. The van der Waals surface area contributed by atoms with Crippen LogP contribution in [0.2, 0.25) is 0 Å². The number of aryl methyl sites for hydroxylation is 2. The molecule has 2 nitrogen and oxygen atoms in total. The fourth-order valence-electron chi connectivity index (χ4n) is 4.09. The normalized spacial score (nSPS) is 11.4. The first-order chi connectivity index (χ1) is 13.3. The van der Waals surface area contributed by atoms with E-state index in [-0.39, 0.29) is 0 Å². The van der Waals surface area contributed by atoms with E-state index in [0.29, 0.717) is 0 Å². The van der Waals surface area contributed by atoms with Gasteiger partial charge in [-0.2, -0.15) is 0 Å². The van der Waals surface area contributed by atoms with Crippen LogP contribution < -0.4 is 4.57 Å². The van der Waals surface area contributed by atoms with Crippen molar-refractivity contribution in [1.82, 2.24) is 4.57 Å². The summed E-state index contributed by atoms with van der Waals surface area (Å²) in [4.78, 5) is 0. The Balaban J connectivity index is 1.96. The van der Waals surface area contributed by atoms with Gasteiger partial charge in [0.05, 0.1) is 13.1 Å². The summed E-state index contributed by atoms with van der Waals surface area (Å²) in [5, 5.41) is 0. The van der Waals surface area contributed by atoms with Crippen LogP contribution in [0.25, 0.3) is 0 Å². The Labute approximate surface area is 170 Å². The molecule has 2 heteroatoms. The fourth-order valence-corrected chi connectivity index (χ4v) is 4.09. The maximum Gasteiger partial charge on any atom is 0.256 e. The monoisotopic (exact) mass is 377 g/mol. The highest BCUT2D eigenvalue weighted by Gasteiger charge is 2.14. The SMILES string of the molecule is CCCCCCCCCCCCCCCC[n+]1ccn(CC)c1CCCC. The Kier molecular flexibility index (Phi) is 15.6. The Morgan fingerprint density at radius 1 is 0.630 bits per heavy atom. The first-order valence-corrected chi connectivity index (χ1v) is 12.4. The molecule has 158 valence electrons. The van der Waals surface area contributed by atoms with Gasteiger partial charge in [0.2, 0.25) is 0 Å². The second kappa shape index (κ2) is 17.3. The van der Waals surface area contributed by atoms with Crippen LogP contribution in [0.1, 0.15) is 129 Å². The molecule has 1 aromatic heterocycles. The molecule has 0 aliphatic rings. The van der Waals surface area contributed by atoms with Gasteiger partial charge in [0, 0.05) is 6.42 Å². The summed E-state index contributed by atoms with van der Waals surface area (Å²) in [5.41, 5.74) is 0. The fraction of sp³-hybridized carbons (Fsp3) is 0.880. The molecule has 0 saturated heterocycles. The van der Waals surface area contributed by atoms with Crippen molar-refractivity contribution in [1.29, 1.82) is 0 Å². The lowest BCUT2D eigenvalue weighted by molar-refractivity contribution is -0.704. The predicted octanol–water partition coefficient (Wildman–Crippen LogP) is 7.62. The molecule has 0 radical (unpaired) electrons. The van der Waals surface area contributed by atoms with Crippen LogP contribution in [0.4, 0.5) is 0 Å². The molecule has 0 amide bonds. The third-order valence-corrected chi connectivity index (χ3v) is 5.94. The summed E-state index contributed by atoms with van der Waals surface area (Å²) in [7, 11) is 0. The predicted molar refractivity (Wildman–Crippen MR) is 119 cm³/mol. The average molecular weight is 378 g/mol. The average Bonchev–Trinajstić information content (AvgIpc) is 3.08. The number of imidazole rings is 1. The lowest BCUT2D eigenvalue weighted by Crippen LogP contribution is -2.37. The highest BCUT2D eigenvalue weighted by molar-refractivity contribution is 4.83. The minimum absolute atomic E-state index is 1.10. The molecule has 0 aliphatic heterocycles. The van der Waals surface area contributed by atoms with Gasteiger partial charge in [0.25, 0.3) is 5.82 Å². The van der Waals surface area contributed by atoms with Gasteiger partial charge in [-0.25, -0.2) is 9.13 Å². The number of unbranched alkanes of at least 4 members (excludes halogenated alkanes) is 14. The van der Waals surface area contributed by atoms with E-state index in [4.69, 9.17) is 0 Å². The van der Waals surface area contributed by atoms with Gasteiger partial charge < -0.3 is 0 Å². The highest BCUT2D eigenvalue weighted by atomic mass is 15.1. The Morgan fingerprint density at radius 2 is 1.11 bits per heavy atom. The zero-order valence-electron chi connectivity index (χ0n) is 19.0. The molecule has 0 aromatic carbocycles. The van der Waals surface area contributed by atoms with Gasteiger partial charge in [0.15, 0.2) is 0 Å². The zero-order valence-corrected chi connectivity index (χ0v) is 19.0. The summed E-state index contributed by atoms with van der Waals surface area (Å²) in [6.07, 6.45) is 28.5. The molecule has 0 atom stereocenters. The van der Waals surface area contributed by atoms with Crippen molar-refractivity contribution in [2.75, 3.05) is 0 Å². The summed E-state index contributed by atoms with van der Waals surface area (Å²) < 4.78 is 4.94. The molecule has 0 saturated carbocycles.